The molecule has 1 amide bonds. The number of aromatic nitrogens is 2. The molecule has 1 aromatic heterocycles. The van der Waals surface area contributed by atoms with E-state index in [4.69, 9.17) is 5.11 Å². The number of rotatable bonds is 5. The average molecular weight is 266 g/mol. The lowest BCUT2D eigenvalue weighted by molar-refractivity contribution is -0.128. The molecule has 0 radical (unpaired) electrons. The third kappa shape index (κ3) is 3.64. The molecule has 19 heavy (non-hydrogen) atoms. The van der Waals surface area contributed by atoms with E-state index in [1.807, 2.05) is 0 Å². The summed E-state index contributed by atoms with van der Waals surface area (Å²) in [5.41, 5.74) is -0.170. The molecular formula is C12H18N4O3. The molecule has 104 valence electrons. The molecule has 0 saturated heterocycles. The number of hydrogen-bond acceptors (Lipinski definition) is 5. The Morgan fingerprint density at radius 3 is 2.53 bits per heavy atom. The lowest BCUT2D eigenvalue weighted by Gasteiger charge is -2.22. The van der Waals surface area contributed by atoms with Crippen LogP contribution in [0.4, 0.5) is 5.95 Å². The molecule has 0 bridgehead atoms. The number of nitrogens with one attached hydrogen (secondary N) is 2. The Bertz CT molecular complexity index is 500. The monoisotopic (exact) mass is 266 g/mol. The van der Waals surface area contributed by atoms with Crippen LogP contribution in [0.1, 0.15) is 29.9 Å². The highest BCUT2D eigenvalue weighted by Crippen LogP contribution is 2.16. The standard InChI is InChI=1S/C12H18N4O3/c1-7-8(9(17)18)5-14-11(16-7)15-6-12(2,3)10(19)13-4/h5H,6H2,1-4H3,(H,13,19)(H,17,18)(H,14,15,16). The van der Waals surface area contributed by atoms with Crippen molar-refractivity contribution in [3.8, 4) is 0 Å². The number of carboxylic acids is 1. The largest absolute Gasteiger partial charge is 0.478 e. The van der Waals surface area contributed by atoms with Gasteiger partial charge in [0.15, 0.2) is 0 Å². The van der Waals surface area contributed by atoms with Crippen molar-refractivity contribution < 1.29 is 14.7 Å². The number of hydrogen-bond donors (Lipinski definition) is 3. The minimum absolute atomic E-state index is 0.0658. The third-order valence-corrected chi connectivity index (χ3v) is 2.74. The lowest BCUT2D eigenvalue weighted by atomic mass is 9.92. The van der Waals surface area contributed by atoms with Gasteiger partial charge < -0.3 is 15.7 Å². The highest BCUT2D eigenvalue weighted by Gasteiger charge is 2.26. The van der Waals surface area contributed by atoms with Crippen LogP contribution in [0.3, 0.4) is 0 Å². The lowest BCUT2D eigenvalue weighted by Crippen LogP contribution is -2.39. The first-order valence-corrected chi connectivity index (χ1v) is 5.81. The first-order chi connectivity index (χ1) is 8.77. The van der Waals surface area contributed by atoms with Crippen molar-refractivity contribution in [2.24, 2.45) is 5.41 Å². The smallest absolute Gasteiger partial charge is 0.339 e. The van der Waals surface area contributed by atoms with Gasteiger partial charge in [0.05, 0.1) is 16.7 Å². The molecule has 0 aromatic carbocycles. The second-order valence-electron chi connectivity index (χ2n) is 4.81. The van der Waals surface area contributed by atoms with Gasteiger partial charge in [0.1, 0.15) is 0 Å². The molecule has 0 atom stereocenters. The summed E-state index contributed by atoms with van der Waals surface area (Å²) in [6.45, 7) is 5.52. The van der Waals surface area contributed by atoms with E-state index in [-0.39, 0.29) is 11.5 Å². The molecule has 3 N–H and O–H groups in total. The first-order valence-electron chi connectivity index (χ1n) is 5.81. The normalized spacial score (nSPS) is 10.9. The van der Waals surface area contributed by atoms with Crippen molar-refractivity contribution in [2.45, 2.75) is 20.8 Å². The summed E-state index contributed by atoms with van der Waals surface area (Å²) >= 11 is 0. The van der Waals surface area contributed by atoms with Crippen LogP contribution in [0.2, 0.25) is 0 Å². The van der Waals surface area contributed by atoms with E-state index in [2.05, 4.69) is 20.6 Å². The van der Waals surface area contributed by atoms with Crippen molar-refractivity contribution >= 4 is 17.8 Å². The summed E-state index contributed by atoms with van der Waals surface area (Å²) in [5.74, 6) is -0.854. The van der Waals surface area contributed by atoms with Gasteiger partial charge in [0.2, 0.25) is 11.9 Å². The molecule has 0 saturated carbocycles. The number of aryl methyl sites for hydroxylation is 1. The quantitative estimate of drug-likeness (QED) is 0.723. The molecule has 0 fully saturated rings. The van der Waals surface area contributed by atoms with E-state index in [0.717, 1.165) is 0 Å². The van der Waals surface area contributed by atoms with Gasteiger partial charge in [-0.1, -0.05) is 0 Å². The summed E-state index contributed by atoms with van der Waals surface area (Å²) in [6.07, 6.45) is 1.25. The van der Waals surface area contributed by atoms with Gasteiger partial charge >= 0.3 is 5.97 Å². The summed E-state index contributed by atoms with van der Waals surface area (Å²) in [6, 6.07) is 0. The van der Waals surface area contributed by atoms with Crippen molar-refractivity contribution in [1.82, 2.24) is 15.3 Å². The van der Waals surface area contributed by atoms with E-state index in [1.165, 1.54) is 6.20 Å². The number of carbonyl (C=O) groups excluding carboxylic acids is 1. The minimum atomic E-state index is -1.06. The maximum absolute atomic E-state index is 11.6. The van der Waals surface area contributed by atoms with Gasteiger partial charge in [-0.2, -0.15) is 0 Å². The fourth-order valence-corrected chi connectivity index (χ4v) is 1.48. The second-order valence-corrected chi connectivity index (χ2v) is 4.81. The van der Waals surface area contributed by atoms with E-state index < -0.39 is 11.4 Å². The Morgan fingerprint density at radius 1 is 1.42 bits per heavy atom. The maximum atomic E-state index is 11.6. The van der Waals surface area contributed by atoms with Crippen molar-refractivity contribution in [3.63, 3.8) is 0 Å². The number of nitrogens with zero attached hydrogens (tertiary/aromatic N) is 2. The predicted octanol–water partition coefficient (Wildman–Crippen LogP) is 0.667. The highest BCUT2D eigenvalue weighted by atomic mass is 16.4. The fourth-order valence-electron chi connectivity index (χ4n) is 1.48. The van der Waals surface area contributed by atoms with Crippen LogP contribution in [0.15, 0.2) is 6.20 Å². The molecule has 1 aromatic rings. The minimum Gasteiger partial charge on any atom is -0.478 e. The maximum Gasteiger partial charge on any atom is 0.339 e. The highest BCUT2D eigenvalue weighted by molar-refractivity contribution is 5.88. The number of carbonyl (C=O) groups is 2. The molecule has 0 aliphatic carbocycles. The molecule has 0 aliphatic heterocycles. The predicted molar refractivity (Wildman–Crippen MR) is 70.1 cm³/mol. The molecule has 0 unspecified atom stereocenters. The van der Waals surface area contributed by atoms with Crippen LogP contribution in [0.25, 0.3) is 0 Å². The zero-order valence-electron chi connectivity index (χ0n) is 11.4. The first kappa shape index (κ1) is 14.9. The zero-order valence-corrected chi connectivity index (χ0v) is 11.4. The van der Waals surface area contributed by atoms with Gasteiger partial charge in [-0.25, -0.2) is 14.8 Å². The van der Waals surface area contributed by atoms with E-state index in [0.29, 0.717) is 18.2 Å². The van der Waals surface area contributed by atoms with Crippen molar-refractivity contribution in [2.75, 3.05) is 18.9 Å². The third-order valence-electron chi connectivity index (χ3n) is 2.74. The van der Waals surface area contributed by atoms with E-state index in [1.54, 1.807) is 27.8 Å². The van der Waals surface area contributed by atoms with Gasteiger partial charge in [0.25, 0.3) is 0 Å². The Morgan fingerprint density at radius 2 is 2.05 bits per heavy atom. The van der Waals surface area contributed by atoms with Crippen LogP contribution in [0.5, 0.6) is 0 Å². The SMILES string of the molecule is CNC(=O)C(C)(C)CNc1ncc(C(=O)O)c(C)n1. The number of carboxylic acid groups (broad SMARTS) is 1. The molecule has 0 spiro atoms. The zero-order chi connectivity index (χ0) is 14.6. The Balaban J connectivity index is 2.77. The molecule has 1 heterocycles. The summed E-state index contributed by atoms with van der Waals surface area (Å²) in [5, 5.41) is 14.4. The van der Waals surface area contributed by atoms with E-state index in [9.17, 15) is 9.59 Å². The number of aromatic carboxylic acids is 1. The van der Waals surface area contributed by atoms with Crippen LogP contribution in [-0.4, -0.2) is 40.5 Å². The molecular weight excluding hydrogens is 248 g/mol. The molecule has 1 rings (SSSR count). The fraction of sp³-hybridized carbons (Fsp3) is 0.500. The van der Waals surface area contributed by atoms with Crippen LogP contribution in [-0.2, 0) is 4.79 Å². The summed E-state index contributed by atoms with van der Waals surface area (Å²) in [7, 11) is 1.58. The van der Waals surface area contributed by atoms with Crippen LogP contribution >= 0.6 is 0 Å². The molecule has 7 nitrogen and oxygen atoms in total. The molecule has 7 heteroatoms. The Kier molecular flexibility index (Phi) is 4.42. The summed E-state index contributed by atoms with van der Waals surface area (Å²) in [4.78, 5) is 30.4. The number of amides is 1. The van der Waals surface area contributed by atoms with Gasteiger partial charge in [-0.15, -0.1) is 0 Å². The summed E-state index contributed by atoms with van der Waals surface area (Å²) < 4.78 is 0. The molecule has 0 aliphatic rings. The average Bonchev–Trinajstić information content (AvgIpc) is 2.35. The van der Waals surface area contributed by atoms with Gasteiger partial charge in [-0.05, 0) is 20.8 Å². The Hall–Kier alpha value is -2.18. The van der Waals surface area contributed by atoms with Crippen LogP contribution in [0, 0.1) is 12.3 Å². The van der Waals surface area contributed by atoms with Crippen molar-refractivity contribution in [3.05, 3.63) is 17.5 Å². The topological polar surface area (TPSA) is 104 Å². The van der Waals surface area contributed by atoms with Gasteiger partial charge in [0, 0.05) is 19.8 Å². The van der Waals surface area contributed by atoms with Crippen LogP contribution < -0.4 is 10.6 Å². The van der Waals surface area contributed by atoms with Crippen molar-refractivity contribution in [1.29, 1.82) is 0 Å². The van der Waals surface area contributed by atoms with Gasteiger partial charge in [-0.3, -0.25) is 4.79 Å². The Labute approximate surface area is 111 Å². The van der Waals surface area contributed by atoms with E-state index >= 15 is 0 Å². The second kappa shape index (κ2) is 5.64. The number of anilines is 1.